The van der Waals surface area contributed by atoms with Crippen molar-refractivity contribution in [1.29, 1.82) is 0 Å². The van der Waals surface area contributed by atoms with Crippen LogP contribution >= 0.6 is 0 Å². The fraction of sp³-hybridized carbons (Fsp3) is 0.389. The van der Waals surface area contributed by atoms with Crippen molar-refractivity contribution in [2.24, 2.45) is 5.92 Å². The Bertz CT molecular complexity index is 687. The van der Waals surface area contributed by atoms with Crippen molar-refractivity contribution in [3.63, 3.8) is 0 Å². The minimum Gasteiger partial charge on any atom is -0.340 e. The Morgan fingerprint density at radius 1 is 1.22 bits per heavy atom. The highest BCUT2D eigenvalue weighted by Crippen LogP contribution is 2.22. The first-order valence-electron chi connectivity index (χ1n) is 8.03. The molecule has 1 aromatic carbocycles. The number of rotatable bonds is 3. The van der Waals surface area contributed by atoms with Gasteiger partial charge >= 0.3 is 0 Å². The molecule has 1 aromatic heterocycles. The van der Waals surface area contributed by atoms with Gasteiger partial charge in [-0.15, -0.1) is 0 Å². The second kappa shape index (κ2) is 6.77. The molecule has 0 saturated carbocycles. The molecule has 1 aliphatic rings. The molecule has 1 atom stereocenters. The first kappa shape index (κ1) is 15.5. The van der Waals surface area contributed by atoms with Gasteiger partial charge in [-0.2, -0.15) is 0 Å². The largest absolute Gasteiger partial charge is 0.340 e. The number of benzene rings is 1. The maximum Gasteiger partial charge on any atom is 0.229 e. The Labute approximate surface area is 136 Å². The van der Waals surface area contributed by atoms with Gasteiger partial charge in [0.2, 0.25) is 11.9 Å². The fourth-order valence-corrected chi connectivity index (χ4v) is 2.89. The smallest absolute Gasteiger partial charge is 0.229 e. The van der Waals surface area contributed by atoms with E-state index >= 15 is 0 Å². The van der Waals surface area contributed by atoms with Crippen LogP contribution < -0.4 is 10.2 Å². The quantitative estimate of drug-likeness (QED) is 0.947. The molecule has 23 heavy (non-hydrogen) atoms. The SMILES string of the molecule is Cc1ccc(NC(=O)[C@H]2CCCN(c3ncccn3)C2)cc1C. The molecule has 0 aliphatic carbocycles. The monoisotopic (exact) mass is 310 g/mol. The molecule has 0 bridgehead atoms. The molecule has 0 unspecified atom stereocenters. The van der Waals surface area contributed by atoms with Gasteiger partial charge in [0.05, 0.1) is 5.92 Å². The van der Waals surface area contributed by atoms with Crippen LogP contribution in [0.25, 0.3) is 0 Å². The van der Waals surface area contributed by atoms with Gasteiger partial charge in [-0.1, -0.05) is 6.07 Å². The molecule has 120 valence electrons. The first-order valence-corrected chi connectivity index (χ1v) is 8.03. The minimum atomic E-state index is -0.0332. The second-order valence-corrected chi connectivity index (χ2v) is 6.12. The number of amides is 1. The normalized spacial score (nSPS) is 17.8. The predicted molar refractivity (Wildman–Crippen MR) is 91.5 cm³/mol. The summed E-state index contributed by atoms with van der Waals surface area (Å²) in [6.45, 7) is 5.69. The summed E-state index contributed by atoms with van der Waals surface area (Å²) in [5.41, 5.74) is 3.28. The van der Waals surface area contributed by atoms with Crippen LogP contribution in [0.15, 0.2) is 36.7 Å². The van der Waals surface area contributed by atoms with Crippen molar-refractivity contribution in [2.75, 3.05) is 23.3 Å². The molecule has 1 fully saturated rings. The Morgan fingerprint density at radius 2 is 2.00 bits per heavy atom. The van der Waals surface area contributed by atoms with Gasteiger partial charge in [-0.3, -0.25) is 4.79 Å². The first-order chi connectivity index (χ1) is 11.1. The Morgan fingerprint density at radius 3 is 2.74 bits per heavy atom. The molecule has 3 rings (SSSR count). The van der Waals surface area contributed by atoms with Gasteiger partial charge in [0.1, 0.15) is 0 Å². The number of hydrogen-bond donors (Lipinski definition) is 1. The summed E-state index contributed by atoms with van der Waals surface area (Å²) in [5, 5.41) is 3.05. The van der Waals surface area contributed by atoms with E-state index in [0.29, 0.717) is 12.5 Å². The lowest BCUT2D eigenvalue weighted by atomic mass is 9.97. The third kappa shape index (κ3) is 3.67. The summed E-state index contributed by atoms with van der Waals surface area (Å²) in [5.74, 6) is 0.749. The van der Waals surface area contributed by atoms with Crippen molar-refractivity contribution < 1.29 is 4.79 Å². The van der Waals surface area contributed by atoms with Crippen LogP contribution in [0.4, 0.5) is 11.6 Å². The van der Waals surface area contributed by atoms with E-state index in [9.17, 15) is 4.79 Å². The third-order valence-corrected chi connectivity index (χ3v) is 4.40. The van der Waals surface area contributed by atoms with E-state index in [1.807, 2.05) is 18.2 Å². The second-order valence-electron chi connectivity index (χ2n) is 6.12. The van der Waals surface area contributed by atoms with Crippen LogP contribution in [0, 0.1) is 19.8 Å². The topological polar surface area (TPSA) is 58.1 Å². The predicted octanol–water partition coefficient (Wildman–Crippen LogP) is 2.95. The van der Waals surface area contributed by atoms with Gasteiger partial charge in [0.15, 0.2) is 0 Å². The highest BCUT2D eigenvalue weighted by Gasteiger charge is 2.27. The fourth-order valence-electron chi connectivity index (χ4n) is 2.89. The molecular formula is C18H22N4O. The lowest BCUT2D eigenvalue weighted by molar-refractivity contribution is -0.120. The highest BCUT2D eigenvalue weighted by molar-refractivity contribution is 5.93. The maximum absolute atomic E-state index is 12.6. The van der Waals surface area contributed by atoms with Crippen LogP contribution in [0.2, 0.25) is 0 Å². The summed E-state index contributed by atoms with van der Waals surface area (Å²) < 4.78 is 0. The number of piperidine rings is 1. The van der Waals surface area contributed by atoms with Crippen LogP contribution in [0.3, 0.4) is 0 Å². The number of anilines is 2. The maximum atomic E-state index is 12.6. The Kier molecular flexibility index (Phi) is 4.55. The summed E-state index contributed by atoms with van der Waals surface area (Å²) in [6, 6.07) is 7.82. The summed E-state index contributed by atoms with van der Waals surface area (Å²) in [7, 11) is 0. The minimum absolute atomic E-state index is 0.0332. The highest BCUT2D eigenvalue weighted by atomic mass is 16.1. The average Bonchev–Trinajstić information content (AvgIpc) is 2.59. The van der Waals surface area contributed by atoms with Crippen molar-refractivity contribution in [1.82, 2.24) is 9.97 Å². The van der Waals surface area contributed by atoms with E-state index in [1.165, 1.54) is 11.1 Å². The van der Waals surface area contributed by atoms with Gasteiger partial charge < -0.3 is 10.2 Å². The molecule has 0 radical (unpaired) electrons. The Balaban J connectivity index is 1.66. The molecule has 2 heterocycles. The van der Waals surface area contributed by atoms with E-state index in [4.69, 9.17) is 0 Å². The number of hydrogen-bond acceptors (Lipinski definition) is 4. The lowest BCUT2D eigenvalue weighted by Crippen LogP contribution is -2.41. The summed E-state index contributed by atoms with van der Waals surface area (Å²) in [6.07, 6.45) is 5.35. The summed E-state index contributed by atoms with van der Waals surface area (Å²) >= 11 is 0. The zero-order valence-corrected chi connectivity index (χ0v) is 13.6. The Hall–Kier alpha value is -2.43. The lowest BCUT2D eigenvalue weighted by Gasteiger charge is -2.31. The molecule has 1 N–H and O–H groups in total. The molecule has 5 heteroatoms. The van der Waals surface area contributed by atoms with E-state index in [2.05, 4.69) is 34.0 Å². The number of nitrogens with one attached hydrogen (secondary N) is 1. The molecule has 5 nitrogen and oxygen atoms in total. The van der Waals surface area contributed by atoms with Crippen molar-refractivity contribution in [2.45, 2.75) is 26.7 Å². The number of nitrogens with zero attached hydrogens (tertiary/aromatic N) is 3. The number of aromatic nitrogens is 2. The van der Waals surface area contributed by atoms with Gasteiger partial charge in [-0.25, -0.2) is 9.97 Å². The van der Waals surface area contributed by atoms with E-state index in [-0.39, 0.29) is 11.8 Å². The van der Waals surface area contributed by atoms with E-state index < -0.39 is 0 Å². The van der Waals surface area contributed by atoms with Gasteiger partial charge in [0, 0.05) is 31.2 Å². The molecule has 0 spiro atoms. The van der Waals surface area contributed by atoms with Crippen molar-refractivity contribution in [3.05, 3.63) is 47.8 Å². The van der Waals surface area contributed by atoms with E-state index in [1.54, 1.807) is 18.5 Å². The molecule has 2 aromatic rings. The standard InChI is InChI=1S/C18H22N4O/c1-13-6-7-16(11-14(13)2)21-17(23)15-5-3-10-22(12-15)18-19-8-4-9-20-18/h4,6-9,11,15H,3,5,10,12H2,1-2H3,(H,21,23)/t15-/m0/s1. The van der Waals surface area contributed by atoms with Gasteiger partial charge in [0.25, 0.3) is 0 Å². The zero-order valence-electron chi connectivity index (χ0n) is 13.6. The third-order valence-electron chi connectivity index (χ3n) is 4.40. The number of carbonyl (C=O) groups is 1. The zero-order chi connectivity index (χ0) is 16.2. The molecule has 1 saturated heterocycles. The van der Waals surface area contributed by atoms with Crippen LogP contribution in [-0.4, -0.2) is 29.0 Å². The molecule has 1 aliphatic heterocycles. The molecular weight excluding hydrogens is 288 g/mol. The van der Waals surface area contributed by atoms with Crippen molar-refractivity contribution in [3.8, 4) is 0 Å². The molecule has 1 amide bonds. The number of carbonyl (C=O) groups excluding carboxylic acids is 1. The number of aryl methyl sites for hydroxylation is 2. The van der Waals surface area contributed by atoms with E-state index in [0.717, 1.165) is 25.1 Å². The van der Waals surface area contributed by atoms with Crippen LogP contribution in [0.5, 0.6) is 0 Å². The van der Waals surface area contributed by atoms with Crippen LogP contribution in [-0.2, 0) is 4.79 Å². The van der Waals surface area contributed by atoms with Gasteiger partial charge in [-0.05, 0) is 56.0 Å². The summed E-state index contributed by atoms with van der Waals surface area (Å²) in [4.78, 5) is 23.2. The van der Waals surface area contributed by atoms with Crippen LogP contribution in [0.1, 0.15) is 24.0 Å². The average molecular weight is 310 g/mol. The van der Waals surface area contributed by atoms with Crippen molar-refractivity contribution >= 4 is 17.5 Å².